The molecule has 0 aliphatic rings. The molecule has 0 saturated carbocycles. The lowest BCUT2D eigenvalue weighted by atomic mass is 10.1. The van der Waals surface area contributed by atoms with Gasteiger partial charge in [-0.1, -0.05) is 24.1 Å². The fourth-order valence-corrected chi connectivity index (χ4v) is 2.97. The van der Waals surface area contributed by atoms with Crippen LogP contribution in [0.4, 0.5) is 5.69 Å². The van der Waals surface area contributed by atoms with Crippen molar-refractivity contribution >= 4 is 33.4 Å². The third-order valence-corrected chi connectivity index (χ3v) is 4.55. The number of carbonyl (C=O) groups excluding carboxylic acids is 2. The van der Waals surface area contributed by atoms with Crippen molar-refractivity contribution in [1.29, 1.82) is 0 Å². The first-order valence-corrected chi connectivity index (χ1v) is 9.94. The molecule has 0 aliphatic heterocycles. The summed E-state index contributed by atoms with van der Waals surface area (Å²) in [6.45, 7) is 0.703. The Bertz CT molecular complexity index is 1070. The van der Waals surface area contributed by atoms with Crippen LogP contribution in [0.15, 0.2) is 69.8 Å². The van der Waals surface area contributed by atoms with Gasteiger partial charge in [-0.2, -0.15) is 0 Å². The number of halogens is 1. The van der Waals surface area contributed by atoms with Crippen LogP contribution in [0, 0.1) is 12.3 Å². The van der Waals surface area contributed by atoms with E-state index in [-0.39, 0.29) is 18.3 Å². The molecule has 1 aromatic heterocycles. The van der Waals surface area contributed by atoms with E-state index in [4.69, 9.17) is 15.6 Å². The minimum absolute atomic E-state index is 0.174. The maximum atomic E-state index is 12.4. The number of furan rings is 1. The Hall–Kier alpha value is -3.50. The van der Waals surface area contributed by atoms with Crippen molar-refractivity contribution in [3.8, 4) is 18.1 Å². The number of nitrogens with one attached hydrogen (secondary N) is 2. The molecule has 3 rings (SSSR count). The zero-order valence-electron chi connectivity index (χ0n) is 16.0. The fourth-order valence-electron chi connectivity index (χ4n) is 2.67. The second-order valence-corrected chi connectivity index (χ2v) is 7.06. The first kappa shape index (κ1) is 21.2. The average Bonchev–Trinajstić information content (AvgIpc) is 3.20. The van der Waals surface area contributed by atoms with E-state index in [9.17, 15) is 9.59 Å². The quantitative estimate of drug-likeness (QED) is 0.485. The van der Waals surface area contributed by atoms with Gasteiger partial charge in [-0.3, -0.25) is 9.59 Å². The molecule has 152 valence electrons. The zero-order chi connectivity index (χ0) is 21.3. The van der Waals surface area contributed by atoms with Crippen molar-refractivity contribution in [3.05, 3.63) is 82.2 Å². The highest BCUT2D eigenvalue weighted by Gasteiger charge is 2.12. The van der Waals surface area contributed by atoms with Gasteiger partial charge in [0.2, 0.25) is 0 Å². The third-order valence-electron chi connectivity index (χ3n) is 4.12. The summed E-state index contributed by atoms with van der Waals surface area (Å²) in [5.41, 5.74) is 2.02. The Morgan fingerprint density at radius 2 is 1.87 bits per heavy atom. The second-order valence-electron chi connectivity index (χ2n) is 6.28. The molecule has 0 unspecified atom stereocenters. The molecular weight excluding hydrogens is 448 g/mol. The molecule has 2 amide bonds. The van der Waals surface area contributed by atoms with Gasteiger partial charge in [0.15, 0.2) is 10.4 Å². The summed E-state index contributed by atoms with van der Waals surface area (Å²) < 4.78 is 11.0. The number of carbonyl (C=O) groups is 2. The lowest BCUT2D eigenvalue weighted by molar-refractivity contribution is 0.0952. The van der Waals surface area contributed by atoms with Crippen molar-refractivity contribution in [2.45, 2.75) is 6.42 Å². The molecule has 7 heteroatoms. The van der Waals surface area contributed by atoms with Crippen LogP contribution in [0.25, 0.3) is 0 Å². The molecule has 0 saturated heterocycles. The van der Waals surface area contributed by atoms with Crippen molar-refractivity contribution < 1.29 is 18.7 Å². The van der Waals surface area contributed by atoms with Crippen LogP contribution in [-0.2, 0) is 6.42 Å². The maximum absolute atomic E-state index is 12.4. The van der Waals surface area contributed by atoms with Gasteiger partial charge in [0, 0.05) is 17.8 Å². The molecule has 2 aromatic carbocycles. The summed E-state index contributed by atoms with van der Waals surface area (Å²) in [5.74, 6) is 2.68. The predicted octanol–water partition coefficient (Wildman–Crippen LogP) is 4.28. The standard InChI is InChI=1S/C23H19BrN2O4/c1-2-14-29-19-8-6-16(7-9-19)12-13-25-22(27)17-4-3-5-18(15-17)26-23(28)20-10-11-21(24)30-20/h1,3-11,15H,12-14H2,(H,25,27)(H,26,28). The number of amides is 2. The van der Waals surface area contributed by atoms with E-state index in [1.807, 2.05) is 24.3 Å². The van der Waals surface area contributed by atoms with Gasteiger partial charge in [-0.15, -0.1) is 6.42 Å². The molecule has 0 radical (unpaired) electrons. The number of ether oxygens (including phenoxy) is 1. The molecule has 0 aliphatic carbocycles. The smallest absolute Gasteiger partial charge is 0.291 e. The van der Waals surface area contributed by atoms with Crippen molar-refractivity contribution in [2.75, 3.05) is 18.5 Å². The van der Waals surface area contributed by atoms with Crippen LogP contribution in [0.1, 0.15) is 26.5 Å². The monoisotopic (exact) mass is 466 g/mol. The molecule has 3 aromatic rings. The third kappa shape index (κ3) is 6.00. The van der Waals surface area contributed by atoms with Gasteiger partial charge in [-0.25, -0.2) is 0 Å². The number of anilines is 1. The summed E-state index contributed by atoms with van der Waals surface area (Å²) >= 11 is 3.16. The van der Waals surface area contributed by atoms with Gasteiger partial charge >= 0.3 is 0 Å². The summed E-state index contributed by atoms with van der Waals surface area (Å²) in [5, 5.41) is 5.59. The lowest BCUT2D eigenvalue weighted by Crippen LogP contribution is -2.25. The Morgan fingerprint density at radius 1 is 1.07 bits per heavy atom. The normalized spacial score (nSPS) is 10.1. The Balaban J connectivity index is 1.51. The van der Waals surface area contributed by atoms with E-state index >= 15 is 0 Å². The molecule has 1 heterocycles. The molecule has 0 bridgehead atoms. The number of benzene rings is 2. The van der Waals surface area contributed by atoms with Crippen molar-refractivity contribution in [1.82, 2.24) is 5.32 Å². The largest absolute Gasteiger partial charge is 0.481 e. The lowest BCUT2D eigenvalue weighted by Gasteiger charge is -2.08. The highest BCUT2D eigenvalue weighted by atomic mass is 79.9. The van der Waals surface area contributed by atoms with Crippen molar-refractivity contribution in [2.24, 2.45) is 0 Å². The number of hydrogen-bond donors (Lipinski definition) is 2. The van der Waals surface area contributed by atoms with Crippen LogP contribution < -0.4 is 15.4 Å². The van der Waals surface area contributed by atoms with Crippen LogP contribution in [0.5, 0.6) is 5.75 Å². The highest BCUT2D eigenvalue weighted by molar-refractivity contribution is 9.10. The van der Waals surface area contributed by atoms with Crippen LogP contribution >= 0.6 is 15.9 Å². The van der Waals surface area contributed by atoms with Gasteiger partial charge in [0.1, 0.15) is 12.4 Å². The summed E-state index contributed by atoms with van der Waals surface area (Å²) in [6, 6.07) is 17.5. The molecule has 0 fully saturated rings. The summed E-state index contributed by atoms with van der Waals surface area (Å²) in [4.78, 5) is 24.6. The maximum Gasteiger partial charge on any atom is 0.291 e. The van der Waals surface area contributed by atoms with E-state index in [1.165, 1.54) is 0 Å². The second kappa shape index (κ2) is 10.3. The van der Waals surface area contributed by atoms with E-state index < -0.39 is 5.91 Å². The fraction of sp³-hybridized carbons (Fsp3) is 0.130. The Labute approximate surface area is 182 Å². The Kier molecular flexibility index (Phi) is 7.30. The molecule has 0 atom stereocenters. The highest BCUT2D eigenvalue weighted by Crippen LogP contribution is 2.17. The molecular formula is C23H19BrN2O4. The van der Waals surface area contributed by atoms with E-state index in [0.29, 0.717) is 34.6 Å². The summed E-state index contributed by atoms with van der Waals surface area (Å²) in [6.07, 6.45) is 5.84. The summed E-state index contributed by atoms with van der Waals surface area (Å²) in [7, 11) is 0. The van der Waals surface area contributed by atoms with Gasteiger partial charge < -0.3 is 19.8 Å². The SMILES string of the molecule is C#CCOc1ccc(CCNC(=O)c2cccc(NC(=O)c3ccc(Br)o3)c2)cc1. The molecule has 30 heavy (non-hydrogen) atoms. The average molecular weight is 467 g/mol. The minimum Gasteiger partial charge on any atom is -0.481 e. The van der Waals surface area contributed by atoms with E-state index in [2.05, 4.69) is 32.5 Å². The van der Waals surface area contributed by atoms with Gasteiger partial charge in [0.05, 0.1) is 0 Å². The topological polar surface area (TPSA) is 80.6 Å². The van der Waals surface area contributed by atoms with Gasteiger partial charge in [-0.05, 0) is 70.4 Å². The first-order chi connectivity index (χ1) is 14.5. The Morgan fingerprint density at radius 3 is 2.57 bits per heavy atom. The van der Waals surface area contributed by atoms with Crippen LogP contribution in [0.2, 0.25) is 0 Å². The predicted molar refractivity (Wildman–Crippen MR) is 118 cm³/mol. The van der Waals surface area contributed by atoms with E-state index in [0.717, 1.165) is 5.56 Å². The van der Waals surface area contributed by atoms with Crippen LogP contribution in [0.3, 0.4) is 0 Å². The van der Waals surface area contributed by atoms with Crippen LogP contribution in [-0.4, -0.2) is 25.0 Å². The van der Waals surface area contributed by atoms with Gasteiger partial charge in [0.25, 0.3) is 11.8 Å². The number of hydrogen-bond acceptors (Lipinski definition) is 4. The van der Waals surface area contributed by atoms with E-state index in [1.54, 1.807) is 36.4 Å². The molecule has 0 spiro atoms. The zero-order valence-corrected chi connectivity index (χ0v) is 17.6. The molecule has 2 N–H and O–H groups in total. The number of rotatable bonds is 8. The number of terminal acetylenes is 1. The van der Waals surface area contributed by atoms with Crippen molar-refractivity contribution in [3.63, 3.8) is 0 Å². The first-order valence-electron chi connectivity index (χ1n) is 9.15. The minimum atomic E-state index is -0.395. The molecule has 6 nitrogen and oxygen atoms in total.